The molecule has 0 aliphatic rings. The molecule has 0 atom stereocenters. The van der Waals surface area contributed by atoms with Crippen molar-refractivity contribution in [3.05, 3.63) is 41.2 Å². The summed E-state index contributed by atoms with van der Waals surface area (Å²) in [5.74, 6) is 0.866. The van der Waals surface area contributed by atoms with Gasteiger partial charge in [0.1, 0.15) is 5.75 Å². The molecule has 5 nitrogen and oxygen atoms in total. The van der Waals surface area contributed by atoms with Crippen molar-refractivity contribution in [1.82, 2.24) is 9.78 Å². The van der Waals surface area contributed by atoms with E-state index in [1.54, 1.807) is 7.11 Å². The number of hydrogen-bond donors (Lipinski definition) is 1. The number of rotatable bonds is 6. The van der Waals surface area contributed by atoms with Gasteiger partial charge in [0.25, 0.3) is 0 Å². The van der Waals surface area contributed by atoms with Crippen LogP contribution in [-0.4, -0.2) is 22.8 Å². The van der Waals surface area contributed by atoms with Crippen molar-refractivity contribution < 1.29 is 9.53 Å². The summed E-state index contributed by atoms with van der Waals surface area (Å²) in [5, 5.41) is 7.50. The van der Waals surface area contributed by atoms with Crippen LogP contribution in [0.3, 0.4) is 0 Å². The lowest BCUT2D eigenvalue weighted by atomic mass is 10.2. The second kappa shape index (κ2) is 7.11. The molecule has 5 heteroatoms. The van der Waals surface area contributed by atoms with Gasteiger partial charge in [-0.1, -0.05) is 19.1 Å². The second-order valence-corrected chi connectivity index (χ2v) is 5.35. The molecule has 118 valence electrons. The quantitative estimate of drug-likeness (QED) is 0.890. The monoisotopic (exact) mass is 301 g/mol. The standard InChI is InChI=1S/C17H23N3O2/c1-5-7-16(21)18-17-12(2)19-20(13(17)3)11-14-8-6-9-15(10-14)22-4/h6,8-10H,5,7,11H2,1-4H3,(H,18,21). The molecule has 0 bridgehead atoms. The average molecular weight is 301 g/mol. The minimum Gasteiger partial charge on any atom is -0.497 e. The maximum atomic E-state index is 11.8. The van der Waals surface area contributed by atoms with E-state index in [2.05, 4.69) is 10.4 Å². The van der Waals surface area contributed by atoms with Crippen LogP contribution in [0.25, 0.3) is 0 Å². The van der Waals surface area contributed by atoms with E-state index in [4.69, 9.17) is 4.74 Å². The number of methoxy groups -OCH3 is 1. The van der Waals surface area contributed by atoms with E-state index in [1.165, 1.54) is 0 Å². The molecule has 0 saturated heterocycles. The molecule has 22 heavy (non-hydrogen) atoms. The fourth-order valence-corrected chi connectivity index (χ4v) is 2.40. The summed E-state index contributed by atoms with van der Waals surface area (Å²) in [7, 11) is 1.66. The van der Waals surface area contributed by atoms with Gasteiger partial charge < -0.3 is 10.1 Å². The second-order valence-electron chi connectivity index (χ2n) is 5.35. The average Bonchev–Trinajstić information content (AvgIpc) is 2.75. The van der Waals surface area contributed by atoms with E-state index in [9.17, 15) is 4.79 Å². The molecular weight excluding hydrogens is 278 g/mol. The zero-order valence-electron chi connectivity index (χ0n) is 13.6. The van der Waals surface area contributed by atoms with Gasteiger partial charge in [0.05, 0.1) is 30.7 Å². The van der Waals surface area contributed by atoms with Crippen LogP contribution in [0.4, 0.5) is 5.69 Å². The number of hydrogen-bond acceptors (Lipinski definition) is 3. The molecule has 0 aliphatic carbocycles. The first kappa shape index (κ1) is 16.1. The molecular formula is C17H23N3O2. The van der Waals surface area contributed by atoms with E-state index < -0.39 is 0 Å². The van der Waals surface area contributed by atoms with Crippen LogP contribution in [0.5, 0.6) is 5.75 Å². The van der Waals surface area contributed by atoms with Gasteiger partial charge in [-0.05, 0) is 38.0 Å². The summed E-state index contributed by atoms with van der Waals surface area (Å²) < 4.78 is 7.15. The van der Waals surface area contributed by atoms with Crippen LogP contribution in [0, 0.1) is 13.8 Å². The normalized spacial score (nSPS) is 10.5. The lowest BCUT2D eigenvalue weighted by molar-refractivity contribution is -0.116. The van der Waals surface area contributed by atoms with Gasteiger partial charge in [-0.15, -0.1) is 0 Å². The van der Waals surface area contributed by atoms with Gasteiger partial charge >= 0.3 is 0 Å². The van der Waals surface area contributed by atoms with Crippen LogP contribution in [0.2, 0.25) is 0 Å². The van der Waals surface area contributed by atoms with E-state index in [-0.39, 0.29) is 5.91 Å². The van der Waals surface area contributed by atoms with Crippen molar-refractivity contribution in [3.8, 4) is 5.75 Å². The third kappa shape index (κ3) is 3.67. The van der Waals surface area contributed by atoms with Crippen LogP contribution >= 0.6 is 0 Å². The van der Waals surface area contributed by atoms with Crippen molar-refractivity contribution in [2.75, 3.05) is 12.4 Å². The van der Waals surface area contributed by atoms with Gasteiger partial charge in [-0.25, -0.2) is 0 Å². The third-order valence-corrected chi connectivity index (χ3v) is 3.59. The SMILES string of the molecule is CCCC(=O)Nc1c(C)nn(Cc2cccc(OC)c2)c1C. The van der Waals surface area contributed by atoms with E-state index >= 15 is 0 Å². The smallest absolute Gasteiger partial charge is 0.224 e. The molecule has 0 fully saturated rings. The Balaban J connectivity index is 2.20. The van der Waals surface area contributed by atoms with Crippen molar-refractivity contribution >= 4 is 11.6 Å². The molecule has 0 radical (unpaired) electrons. The zero-order valence-corrected chi connectivity index (χ0v) is 13.6. The van der Waals surface area contributed by atoms with Gasteiger partial charge in [0, 0.05) is 6.42 Å². The number of nitrogens with one attached hydrogen (secondary N) is 1. The Morgan fingerprint density at radius 1 is 1.36 bits per heavy atom. The Morgan fingerprint density at radius 3 is 2.82 bits per heavy atom. The fraction of sp³-hybridized carbons (Fsp3) is 0.412. The lowest BCUT2D eigenvalue weighted by Gasteiger charge is -2.08. The molecule has 1 amide bonds. The maximum absolute atomic E-state index is 11.8. The Kier molecular flexibility index (Phi) is 5.20. The number of amides is 1. The van der Waals surface area contributed by atoms with E-state index in [0.717, 1.165) is 34.8 Å². The van der Waals surface area contributed by atoms with E-state index in [0.29, 0.717) is 13.0 Å². The van der Waals surface area contributed by atoms with Crippen LogP contribution < -0.4 is 10.1 Å². The molecule has 1 aromatic heterocycles. The molecule has 0 unspecified atom stereocenters. The molecule has 2 aromatic rings. The van der Waals surface area contributed by atoms with Crippen LogP contribution in [-0.2, 0) is 11.3 Å². The minimum absolute atomic E-state index is 0.0367. The minimum atomic E-state index is 0.0367. The predicted molar refractivity (Wildman–Crippen MR) is 87.3 cm³/mol. The highest BCUT2D eigenvalue weighted by Crippen LogP contribution is 2.21. The molecule has 2 rings (SSSR count). The predicted octanol–water partition coefficient (Wildman–Crippen LogP) is 3.30. The summed E-state index contributed by atoms with van der Waals surface area (Å²) in [6, 6.07) is 7.91. The first-order valence-corrected chi connectivity index (χ1v) is 7.52. The van der Waals surface area contributed by atoms with E-state index in [1.807, 2.05) is 49.7 Å². The summed E-state index contributed by atoms with van der Waals surface area (Å²) in [6.07, 6.45) is 1.36. The number of anilines is 1. The first-order valence-electron chi connectivity index (χ1n) is 7.52. The number of aryl methyl sites for hydroxylation is 1. The van der Waals surface area contributed by atoms with Crippen molar-refractivity contribution in [2.24, 2.45) is 0 Å². The number of ether oxygens (including phenoxy) is 1. The maximum Gasteiger partial charge on any atom is 0.224 e. The Labute approximate surface area is 131 Å². The number of benzene rings is 1. The van der Waals surface area contributed by atoms with Gasteiger partial charge in [-0.2, -0.15) is 5.10 Å². The van der Waals surface area contributed by atoms with Gasteiger partial charge in [0.2, 0.25) is 5.91 Å². The molecule has 0 saturated carbocycles. The Bertz CT molecular complexity index is 662. The van der Waals surface area contributed by atoms with Crippen molar-refractivity contribution in [2.45, 2.75) is 40.2 Å². The molecule has 0 spiro atoms. The summed E-state index contributed by atoms with van der Waals surface area (Å²) in [6.45, 7) is 6.53. The zero-order chi connectivity index (χ0) is 16.1. The molecule has 1 heterocycles. The topological polar surface area (TPSA) is 56.2 Å². The Morgan fingerprint density at radius 2 is 2.14 bits per heavy atom. The summed E-state index contributed by atoms with van der Waals surface area (Å²) >= 11 is 0. The molecule has 0 aliphatic heterocycles. The van der Waals surface area contributed by atoms with Gasteiger partial charge in [-0.3, -0.25) is 9.48 Å². The highest BCUT2D eigenvalue weighted by Gasteiger charge is 2.14. The summed E-state index contributed by atoms with van der Waals surface area (Å²) in [5.41, 5.74) is 3.73. The highest BCUT2D eigenvalue weighted by atomic mass is 16.5. The first-order chi connectivity index (χ1) is 10.5. The number of nitrogens with zero attached hydrogens (tertiary/aromatic N) is 2. The molecule has 1 aromatic carbocycles. The largest absolute Gasteiger partial charge is 0.497 e. The van der Waals surface area contributed by atoms with Crippen LogP contribution in [0.15, 0.2) is 24.3 Å². The van der Waals surface area contributed by atoms with Gasteiger partial charge in [0.15, 0.2) is 0 Å². The third-order valence-electron chi connectivity index (χ3n) is 3.59. The number of carbonyl (C=O) groups is 1. The van der Waals surface area contributed by atoms with Crippen LogP contribution in [0.1, 0.15) is 36.7 Å². The number of carbonyl (C=O) groups excluding carboxylic acids is 1. The fourth-order valence-electron chi connectivity index (χ4n) is 2.40. The van der Waals surface area contributed by atoms with Crippen molar-refractivity contribution in [3.63, 3.8) is 0 Å². The van der Waals surface area contributed by atoms with Crippen molar-refractivity contribution in [1.29, 1.82) is 0 Å². The Hall–Kier alpha value is -2.30. The highest BCUT2D eigenvalue weighted by molar-refractivity contribution is 5.91. The lowest BCUT2D eigenvalue weighted by Crippen LogP contribution is -2.12. The number of aromatic nitrogens is 2. The molecule has 1 N–H and O–H groups in total. The summed E-state index contributed by atoms with van der Waals surface area (Å²) in [4.78, 5) is 11.8.